The number of halogens is 1. The van der Waals surface area contributed by atoms with Crippen LogP contribution in [-0.2, 0) is 23.7 Å². The monoisotopic (exact) mass is 696 g/mol. The fourth-order valence-electron chi connectivity index (χ4n) is 3.50. The zero-order valence-electron chi connectivity index (χ0n) is 26.1. The van der Waals surface area contributed by atoms with E-state index in [2.05, 4.69) is 30.6 Å². The SMILES string of the molecule is C.CCC(CC)O[C@H](CO)n1ccc(=O)[nH]c1=O.CCC(CC)O[C@H](COCCOC)n1ccc(=O)[nH]c1=O.COCCBr. The van der Waals surface area contributed by atoms with Gasteiger partial charge in [-0.05, 0) is 25.7 Å². The average Bonchev–Trinajstić information content (AvgIpc) is 2.99. The Morgan fingerprint density at radius 1 is 0.750 bits per heavy atom. The van der Waals surface area contributed by atoms with E-state index < -0.39 is 35.0 Å². The molecule has 0 aliphatic heterocycles. The number of aromatic nitrogens is 4. The van der Waals surface area contributed by atoms with Gasteiger partial charge in [0.2, 0.25) is 0 Å². The second-order valence-electron chi connectivity index (χ2n) is 9.03. The Morgan fingerprint density at radius 3 is 1.52 bits per heavy atom. The highest BCUT2D eigenvalue weighted by atomic mass is 79.9. The van der Waals surface area contributed by atoms with Gasteiger partial charge in [0.1, 0.15) is 0 Å². The van der Waals surface area contributed by atoms with Crippen molar-refractivity contribution in [1.29, 1.82) is 0 Å². The van der Waals surface area contributed by atoms with Crippen LogP contribution in [0.4, 0.5) is 0 Å². The van der Waals surface area contributed by atoms with Crippen molar-refractivity contribution in [2.75, 3.05) is 52.6 Å². The number of hydrogen-bond acceptors (Lipinski definition) is 10. The van der Waals surface area contributed by atoms with E-state index in [0.29, 0.717) is 13.2 Å². The van der Waals surface area contributed by atoms with Crippen molar-refractivity contribution in [3.63, 3.8) is 0 Å². The van der Waals surface area contributed by atoms with Crippen molar-refractivity contribution in [3.05, 3.63) is 66.2 Å². The molecule has 256 valence electrons. The Labute approximate surface area is 267 Å². The second-order valence-corrected chi connectivity index (χ2v) is 9.82. The smallest absolute Gasteiger partial charge is 0.330 e. The van der Waals surface area contributed by atoms with E-state index in [1.54, 1.807) is 14.2 Å². The Hall–Kier alpha value is -2.40. The Kier molecular flexibility index (Phi) is 26.8. The molecule has 15 heteroatoms. The highest BCUT2D eigenvalue weighted by Crippen LogP contribution is 2.14. The van der Waals surface area contributed by atoms with Crippen LogP contribution in [0.2, 0.25) is 0 Å². The van der Waals surface area contributed by atoms with Gasteiger partial charge >= 0.3 is 11.4 Å². The number of nitrogens with zero attached hydrogens (tertiary/aromatic N) is 2. The summed E-state index contributed by atoms with van der Waals surface area (Å²) in [6.45, 7) is 9.57. The molecule has 0 aliphatic carbocycles. The van der Waals surface area contributed by atoms with Gasteiger partial charge in [-0.25, -0.2) is 9.59 Å². The van der Waals surface area contributed by atoms with Crippen LogP contribution in [-0.4, -0.2) is 89.0 Å². The third-order valence-corrected chi connectivity index (χ3v) is 6.30. The van der Waals surface area contributed by atoms with Gasteiger partial charge in [0, 0.05) is 44.1 Å². The van der Waals surface area contributed by atoms with E-state index in [0.717, 1.165) is 37.6 Å². The zero-order valence-corrected chi connectivity index (χ0v) is 27.7. The van der Waals surface area contributed by atoms with E-state index in [4.69, 9.17) is 18.9 Å². The van der Waals surface area contributed by atoms with E-state index >= 15 is 0 Å². The molecule has 0 fully saturated rings. The number of rotatable bonds is 18. The van der Waals surface area contributed by atoms with Crippen molar-refractivity contribution in [2.24, 2.45) is 0 Å². The summed E-state index contributed by atoms with van der Waals surface area (Å²) in [6, 6.07) is 2.51. The van der Waals surface area contributed by atoms with Crippen LogP contribution in [0.5, 0.6) is 0 Å². The average molecular weight is 698 g/mol. The van der Waals surface area contributed by atoms with Gasteiger partial charge in [-0.15, -0.1) is 0 Å². The third kappa shape index (κ3) is 17.8. The van der Waals surface area contributed by atoms with E-state index in [9.17, 15) is 24.3 Å². The molecule has 0 aliphatic rings. The minimum atomic E-state index is -0.760. The van der Waals surface area contributed by atoms with Crippen LogP contribution in [0.1, 0.15) is 73.3 Å². The van der Waals surface area contributed by atoms with Crippen LogP contribution in [0.3, 0.4) is 0 Å². The Balaban J connectivity index is 0. The number of alkyl halides is 1. The molecule has 14 nitrogen and oxygen atoms in total. The van der Waals surface area contributed by atoms with Gasteiger partial charge in [-0.3, -0.25) is 28.7 Å². The van der Waals surface area contributed by atoms with E-state index in [-0.39, 0.29) is 32.8 Å². The molecule has 2 aromatic rings. The first-order valence-electron chi connectivity index (χ1n) is 14.3. The normalized spacial score (nSPS) is 12.0. The van der Waals surface area contributed by atoms with Gasteiger partial charge in [-0.1, -0.05) is 51.1 Å². The molecule has 0 saturated carbocycles. The quantitative estimate of drug-likeness (QED) is 0.155. The van der Waals surface area contributed by atoms with Crippen molar-refractivity contribution >= 4 is 15.9 Å². The van der Waals surface area contributed by atoms with Gasteiger partial charge in [-0.2, -0.15) is 0 Å². The van der Waals surface area contributed by atoms with Crippen molar-refractivity contribution in [3.8, 4) is 0 Å². The summed E-state index contributed by atoms with van der Waals surface area (Å²) in [5.41, 5.74) is -1.99. The Bertz CT molecular complexity index is 1190. The van der Waals surface area contributed by atoms with Gasteiger partial charge in [0.15, 0.2) is 12.5 Å². The van der Waals surface area contributed by atoms with Crippen LogP contribution in [0, 0.1) is 0 Å². The summed E-state index contributed by atoms with van der Waals surface area (Å²) in [5, 5.41) is 10.2. The summed E-state index contributed by atoms with van der Waals surface area (Å²) in [5.74, 6) is 0. The molecule has 0 amide bonds. The van der Waals surface area contributed by atoms with Crippen molar-refractivity contribution < 1.29 is 28.8 Å². The molecular weight excluding hydrogens is 644 g/mol. The predicted octanol–water partition coefficient (Wildman–Crippen LogP) is 2.80. The minimum Gasteiger partial charge on any atom is -0.392 e. The Morgan fingerprint density at radius 2 is 1.18 bits per heavy atom. The maximum Gasteiger partial charge on any atom is 0.330 e. The summed E-state index contributed by atoms with van der Waals surface area (Å²) in [6.07, 6.45) is 4.69. The molecule has 0 spiro atoms. The number of H-pyrrole nitrogens is 2. The molecule has 0 bridgehead atoms. The van der Waals surface area contributed by atoms with Gasteiger partial charge in [0.05, 0.1) is 45.2 Å². The van der Waals surface area contributed by atoms with Crippen molar-refractivity contribution in [2.45, 2.75) is 85.5 Å². The fraction of sp³-hybridized carbons (Fsp3) is 0.724. The molecule has 0 radical (unpaired) electrons. The molecule has 3 N–H and O–H groups in total. The minimum absolute atomic E-state index is 0. The lowest BCUT2D eigenvalue weighted by molar-refractivity contribution is -0.103. The number of aliphatic hydroxyl groups excluding tert-OH is 1. The van der Waals surface area contributed by atoms with Crippen LogP contribution in [0.25, 0.3) is 0 Å². The third-order valence-electron chi connectivity index (χ3n) is 5.97. The number of methoxy groups -OCH3 is 2. The van der Waals surface area contributed by atoms with E-state index in [1.807, 2.05) is 27.7 Å². The lowest BCUT2D eigenvalue weighted by Gasteiger charge is -2.24. The molecule has 2 atom stereocenters. The molecule has 0 unspecified atom stereocenters. The maximum absolute atomic E-state index is 11.9. The van der Waals surface area contributed by atoms with Crippen molar-refractivity contribution in [1.82, 2.24) is 19.1 Å². The summed E-state index contributed by atoms with van der Waals surface area (Å²) in [7, 11) is 3.27. The molecule has 2 heterocycles. The van der Waals surface area contributed by atoms with Crippen LogP contribution < -0.4 is 22.5 Å². The molecule has 0 aromatic carbocycles. The molecule has 44 heavy (non-hydrogen) atoms. The zero-order chi connectivity index (χ0) is 32.6. The number of ether oxygens (including phenoxy) is 5. The topological polar surface area (TPSA) is 176 Å². The highest BCUT2D eigenvalue weighted by molar-refractivity contribution is 9.09. The maximum atomic E-state index is 11.9. The first-order chi connectivity index (χ1) is 20.6. The molecular formula is C29H53BrN4O10. The highest BCUT2D eigenvalue weighted by Gasteiger charge is 2.18. The summed E-state index contributed by atoms with van der Waals surface area (Å²) in [4.78, 5) is 49.8. The number of aromatic amines is 2. The molecule has 2 aromatic heterocycles. The molecule has 0 saturated heterocycles. The van der Waals surface area contributed by atoms with E-state index in [1.165, 1.54) is 33.7 Å². The van der Waals surface area contributed by atoms with Gasteiger partial charge < -0.3 is 28.8 Å². The predicted molar refractivity (Wildman–Crippen MR) is 174 cm³/mol. The summed E-state index contributed by atoms with van der Waals surface area (Å²) >= 11 is 3.18. The first kappa shape index (κ1) is 43.7. The summed E-state index contributed by atoms with van der Waals surface area (Å²) < 4.78 is 29.0. The lowest BCUT2D eigenvalue weighted by Crippen LogP contribution is -2.36. The largest absolute Gasteiger partial charge is 0.392 e. The van der Waals surface area contributed by atoms with Crippen LogP contribution >= 0.6 is 15.9 Å². The lowest BCUT2D eigenvalue weighted by atomic mass is 10.2. The number of hydrogen-bond donors (Lipinski definition) is 3. The standard InChI is InChI=1S/C14H24N2O5.C11H18N2O4.C3H7BrO.CH4/c1-4-11(5-2)21-13(10-20-9-8-19-3)16-7-6-12(17)15-14(16)18;1-3-8(4-2)17-10(7-14)13-6-5-9(15)12-11(13)16;1-5-3-2-4;/h6-7,11,13H,4-5,8-10H2,1-3H3,(H,15,17,18);5-6,8,10,14H,3-4,7H2,1-2H3,(H,12,15,16);2-3H2,1H3;1H4/t13-;10-;;/m11../s1. The number of aliphatic hydroxyl groups is 1. The fourth-order valence-corrected chi connectivity index (χ4v) is 3.82. The second kappa shape index (κ2) is 27.0. The van der Waals surface area contributed by atoms with Crippen LogP contribution in [0.15, 0.2) is 43.7 Å². The van der Waals surface area contributed by atoms with Gasteiger partial charge in [0.25, 0.3) is 11.1 Å². The molecule has 2 rings (SSSR count). The first-order valence-corrected chi connectivity index (χ1v) is 15.4. The number of nitrogens with one attached hydrogen (secondary N) is 2.